The van der Waals surface area contributed by atoms with Gasteiger partial charge in [-0.1, -0.05) is 6.07 Å². The van der Waals surface area contributed by atoms with Crippen molar-refractivity contribution in [1.82, 2.24) is 4.98 Å². The number of aromatic nitrogens is 1. The summed E-state index contributed by atoms with van der Waals surface area (Å²) in [6.45, 7) is 0.509. The van der Waals surface area contributed by atoms with Crippen molar-refractivity contribution in [2.24, 2.45) is 0 Å². The van der Waals surface area contributed by atoms with Crippen molar-refractivity contribution in [3.8, 4) is 6.07 Å². The predicted molar refractivity (Wildman–Crippen MR) is 56.2 cm³/mol. The average Bonchev–Trinajstić information content (AvgIpc) is 2.24. The van der Waals surface area contributed by atoms with E-state index in [1.54, 1.807) is 18.2 Å². The lowest BCUT2D eigenvalue weighted by Gasteiger charge is -2.36. The topological polar surface area (TPSA) is 68.9 Å². The summed E-state index contributed by atoms with van der Waals surface area (Å²) < 4.78 is 0. The van der Waals surface area contributed by atoms with Crippen molar-refractivity contribution in [2.75, 3.05) is 11.9 Å². The fraction of sp³-hybridized carbons (Fsp3) is 0.455. The van der Waals surface area contributed by atoms with Crippen LogP contribution in [0, 0.1) is 11.3 Å². The van der Waals surface area contributed by atoms with E-state index in [9.17, 15) is 5.11 Å². The molecule has 2 rings (SSSR count). The summed E-state index contributed by atoms with van der Waals surface area (Å²) in [6.07, 6.45) is 2.78. The van der Waals surface area contributed by atoms with E-state index in [2.05, 4.69) is 10.3 Å². The zero-order chi connectivity index (χ0) is 10.7. The third kappa shape index (κ3) is 2.25. The standard InChI is InChI=1S/C11H13N3O/c12-7-9-3-1-4-10(14-9)13-8-11(15)5-2-6-11/h1,3-4,15H,2,5-6,8H2,(H,13,14). The van der Waals surface area contributed by atoms with Crippen LogP contribution in [0.4, 0.5) is 5.82 Å². The maximum Gasteiger partial charge on any atom is 0.142 e. The van der Waals surface area contributed by atoms with E-state index in [1.807, 2.05) is 6.07 Å². The minimum Gasteiger partial charge on any atom is -0.388 e. The van der Waals surface area contributed by atoms with Gasteiger partial charge in [0.05, 0.1) is 5.60 Å². The number of rotatable bonds is 3. The summed E-state index contributed by atoms with van der Waals surface area (Å²) in [7, 11) is 0. The van der Waals surface area contributed by atoms with Crippen molar-refractivity contribution in [2.45, 2.75) is 24.9 Å². The molecule has 78 valence electrons. The number of nitrogens with zero attached hydrogens (tertiary/aromatic N) is 2. The van der Waals surface area contributed by atoms with Gasteiger partial charge in [0.1, 0.15) is 17.6 Å². The van der Waals surface area contributed by atoms with Crippen molar-refractivity contribution < 1.29 is 5.11 Å². The monoisotopic (exact) mass is 203 g/mol. The summed E-state index contributed by atoms with van der Waals surface area (Å²) in [4.78, 5) is 4.07. The summed E-state index contributed by atoms with van der Waals surface area (Å²) in [6, 6.07) is 7.21. The molecule has 1 aliphatic rings. The SMILES string of the molecule is N#Cc1cccc(NCC2(O)CCC2)n1. The smallest absolute Gasteiger partial charge is 0.142 e. The van der Waals surface area contributed by atoms with Gasteiger partial charge >= 0.3 is 0 Å². The van der Waals surface area contributed by atoms with E-state index < -0.39 is 5.60 Å². The van der Waals surface area contributed by atoms with Gasteiger partial charge < -0.3 is 10.4 Å². The summed E-state index contributed by atoms with van der Waals surface area (Å²) in [5.41, 5.74) is -0.176. The zero-order valence-corrected chi connectivity index (χ0v) is 8.40. The first-order chi connectivity index (χ1) is 7.22. The van der Waals surface area contributed by atoms with Gasteiger partial charge in [-0.15, -0.1) is 0 Å². The fourth-order valence-electron chi connectivity index (χ4n) is 1.61. The second-order valence-electron chi connectivity index (χ2n) is 3.95. The van der Waals surface area contributed by atoms with Crippen LogP contribution in [0.2, 0.25) is 0 Å². The molecule has 1 saturated carbocycles. The molecule has 0 amide bonds. The van der Waals surface area contributed by atoms with E-state index in [1.165, 1.54) is 0 Å². The molecule has 2 N–H and O–H groups in total. The predicted octanol–water partition coefficient (Wildman–Crippen LogP) is 1.28. The van der Waals surface area contributed by atoms with Gasteiger partial charge in [0.2, 0.25) is 0 Å². The number of aliphatic hydroxyl groups is 1. The van der Waals surface area contributed by atoms with Crippen LogP contribution in [0.15, 0.2) is 18.2 Å². The van der Waals surface area contributed by atoms with Gasteiger partial charge in [0.15, 0.2) is 0 Å². The Kier molecular flexibility index (Phi) is 2.57. The van der Waals surface area contributed by atoms with E-state index in [4.69, 9.17) is 5.26 Å². The minimum atomic E-state index is -0.565. The molecule has 15 heavy (non-hydrogen) atoms. The second kappa shape index (κ2) is 3.87. The molecular formula is C11H13N3O. The molecule has 0 aliphatic heterocycles. The van der Waals surface area contributed by atoms with Crippen molar-refractivity contribution in [1.29, 1.82) is 5.26 Å². The van der Waals surface area contributed by atoms with Crippen LogP contribution in [0.5, 0.6) is 0 Å². The lowest BCUT2D eigenvalue weighted by Crippen LogP contribution is -2.43. The van der Waals surface area contributed by atoms with Crippen molar-refractivity contribution in [3.05, 3.63) is 23.9 Å². The molecule has 1 aliphatic carbocycles. The van der Waals surface area contributed by atoms with E-state index >= 15 is 0 Å². The number of hydrogen-bond donors (Lipinski definition) is 2. The Hall–Kier alpha value is -1.60. The lowest BCUT2D eigenvalue weighted by atomic mass is 9.80. The van der Waals surface area contributed by atoms with Crippen LogP contribution < -0.4 is 5.32 Å². The molecule has 0 spiro atoms. The quantitative estimate of drug-likeness (QED) is 0.776. The Bertz CT molecular complexity index is 393. The summed E-state index contributed by atoms with van der Waals surface area (Å²) in [5.74, 6) is 0.648. The van der Waals surface area contributed by atoms with E-state index in [0.717, 1.165) is 19.3 Å². The van der Waals surface area contributed by atoms with E-state index in [-0.39, 0.29) is 0 Å². The number of pyridine rings is 1. The minimum absolute atomic E-state index is 0.389. The fourth-order valence-corrected chi connectivity index (χ4v) is 1.61. The molecule has 0 saturated heterocycles. The normalized spacial score (nSPS) is 17.6. The molecule has 0 bridgehead atoms. The first-order valence-corrected chi connectivity index (χ1v) is 5.05. The van der Waals surface area contributed by atoms with Crippen LogP contribution in [0.3, 0.4) is 0 Å². The zero-order valence-electron chi connectivity index (χ0n) is 8.40. The molecule has 0 aromatic carbocycles. The highest BCUT2D eigenvalue weighted by Crippen LogP contribution is 2.31. The van der Waals surface area contributed by atoms with Crippen LogP contribution in [-0.2, 0) is 0 Å². The number of anilines is 1. The Morgan fingerprint density at radius 3 is 2.93 bits per heavy atom. The third-order valence-electron chi connectivity index (χ3n) is 2.75. The van der Waals surface area contributed by atoms with Crippen LogP contribution in [0.25, 0.3) is 0 Å². The molecule has 0 radical (unpaired) electrons. The van der Waals surface area contributed by atoms with E-state index in [0.29, 0.717) is 18.1 Å². The molecule has 1 fully saturated rings. The molecule has 1 aromatic rings. The van der Waals surface area contributed by atoms with Crippen molar-refractivity contribution >= 4 is 5.82 Å². The first-order valence-electron chi connectivity index (χ1n) is 5.05. The van der Waals surface area contributed by atoms with Crippen molar-refractivity contribution in [3.63, 3.8) is 0 Å². The first kappa shape index (κ1) is 9.94. The van der Waals surface area contributed by atoms with Gasteiger partial charge in [-0.2, -0.15) is 5.26 Å². The summed E-state index contributed by atoms with van der Waals surface area (Å²) in [5, 5.41) is 21.5. The third-order valence-corrected chi connectivity index (χ3v) is 2.75. The highest BCUT2D eigenvalue weighted by Gasteiger charge is 2.33. The maximum atomic E-state index is 9.84. The Morgan fingerprint density at radius 1 is 1.53 bits per heavy atom. The van der Waals surface area contributed by atoms with Gasteiger partial charge in [0.25, 0.3) is 0 Å². The number of nitriles is 1. The van der Waals surface area contributed by atoms with Gasteiger partial charge in [-0.3, -0.25) is 0 Å². The number of hydrogen-bond acceptors (Lipinski definition) is 4. The highest BCUT2D eigenvalue weighted by molar-refractivity contribution is 5.38. The molecule has 4 nitrogen and oxygen atoms in total. The maximum absolute atomic E-state index is 9.84. The molecule has 4 heteroatoms. The van der Waals surface area contributed by atoms with Crippen LogP contribution >= 0.6 is 0 Å². The average molecular weight is 203 g/mol. The van der Waals surface area contributed by atoms with Gasteiger partial charge in [0, 0.05) is 6.54 Å². The van der Waals surface area contributed by atoms with Gasteiger partial charge in [-0.25, -0.2) is 4.98 Å². The van der Waals surface area contributed by atoms with Gasteiger partial charge in [-0.05, 0) is 31.4 Å². The molecule has 1 aromatic heterocycles. The second-order valence-corrected chi connectivity index (χ2v) is 3.95. The Labute approximate surface area is 88.6 Å². The highest BCUT2D eigenvalue weighted by atomic mass is 16.3. The Balaban J connectivity index is 1.96. The molecule has 0 atom stereocenters. The number of nitrogens with one attached hydrogen (secondary N) is 1. The largest absolute Gasteiger partial charge is 0.388 e. The van der Waals surface area contributed by atoms with Crippen LogP contribution in [0.1, 0.15) is 25.0 Å². The van der Waals surface area contributed by atoms with Crippen LogP contribution in [-0.4, -0.2) is 22.2 Å². The molecule has 0 unspecified atom stereocenters. The Morgan fingerprint density at radius 2 is 2.33 bits per heavy atom. The lowest BCUT2D eigenvalue weighted by molar-refractivity contribution is -0.0202. The molecule has 1 heterocycles. The summed E-state index contributed by atoms with van der Waals surface area (Å²) >= 11 is 0. The molecular weight excluding hydrogens is 190 g/mol.